The molecule has 21 heavy (non-hydrogen) atoms. The summed E-state index contributed by atoms with van der Waals surface area (Å²) in [5, 5.41) is 0. The molecule has 2 heterocycles. The number of allylic oxidation sites excluding steroid dienone is 2. The molecule has 2 aliphatic rings. The van der Waals surface area contributed by atoms with E-state index in [4.69, 9.17) is 4.99 Å². The molecule has 0 aromatic heterocycles. The Morgan fingerprint density at radius 3 is 2.62 bits per heavy atom. The zero-order chi connectivity index (χ0) is 14.7. The Bertz CT molecular complexity index is 563. The van der Waals surface area contributed by atoms with E-state index >= 15 is 0 Å². The van der Waals surface area contributed by atoms with Crippen molar-refractivity contribution in [1.82, 2.24) is 4.90 Å². The zero-order valence-electron chi connectivity index (χ0n) is 12.3. The third kappa shape index (κ3) is 3.48. The molecule has 0 bridgehead atoms. The van der Waals surface area contributed by atoms with E-state index < -0.39 is 0 Å². The lowest BCUT2D eigenvalue weighted by molar-refractivity contribution is 0.218. The van der Waals surface area contributed by atoms with Gasteiger partial charge in [-0.2, -0.15) is 0 Å². The van der Waals surface area contributed by atoms with E-state index in [2.05, 4.69) is 23.6 Å². The normalized spacial score (nSPS) is 20.2. The number of aliphatic imine (C=N–C) groups is 1. The Morgan fingerprint density at radius 2 is 1.95 bits per heavy atom. The maximum absolute atomic E-state index is 13.0. The average molecular weight is 284 g/mol. The van der Waals surface area contributed by atoms with Gasteiger partial charge in [-0.25, -0.2) is 4.39 Å². The van der Waals surface area contributed by atoms with Gasteiger partial charge in [0.05, 0.1) is 11.4 Å². The first-order chi connectivity index (χ1) is 10.2. The van der Waals surface area contributed by atoms with Crippen LogP contribution in [0.25, 0.3) is 0 Å². The minimum Gasteiger partial charge on any atom is -0.297 e. The predicted octanol–water partition coefficient (Wildman–Crippen LogP) is 3.80. The number of likely N-dealkylation sites (tertiary alicyclic amines) is 1. The molecule has 0 aliphatic carbocycles. The van der Waals surface area contributed by atoms with Gasteiger partial charge in [0, 0.05) is 13.0 Å². The van der Waals surface area contributed by atoms with Crippen LogP contribution >= 0.6 is 0 Å². The molecule has 3 heteroatoms. The molecular formula is C18H21FN2. The van der Waals surface area contributed by atoms with Gasteiger partial charge < -0.3 is 0 Å². The number of piperidine rings is 1. The summed E-state index contributed by atoms with van der Waals surface area (Å²) in [5.41, 5.74) is 3.21. The third-order valence-electron chi connectivity index (χ3n) is 4.34. The molecule has 0 atom stereocenters. The molecule has 1 aromatic rings. The highest BCUT2D eigenvalue weighted by atomic mass is 19.1. The summed E-state index contributed by atoms with van der Waals surface area (Å²) in [7, 11) is 0. The van der Waals surface area contributed by atoms with E-state index in [9.17, 15) is 4.39 Å². The van der Waals surface area contributed by atoms with Crippen molar-refractivity contribution < 1.29 is 4.39 Å². The largest absolute Gasteiger partial charge is 0.297 e. The first-order valence-corrected chi connectivity index (χ1v) is 7.62. The first kappa shape index (κ1) is 14.2. The van der Waals surface area contributed by atoms with E-state index in [0.717, 1.165) is 43.0 Å². The molecular weight excluding hydrogens is 263 g/mol. The number of hydrogen-bond acceptors (Lipinski definition) is 2. The summed E-state index contributed by atoms with van der Waals surface area (Å²) < 4.78 is 13.0. The van der Waals surface area contributed by atoms with Gasteiger partial charge in [0.15, 0.2) is 0 Å². The number of nitrogens with zero attached hydrogens (tertiary/aromatic N) is 2. The lowest BCUT2D eigenvalue weighted by Gasteiger charge is -2.30. The fourth-order valence-corrected chi connectivity index (χ4v) is 2.98. The van der Waals surface area contributed by atoms with Crippen molar-refractivity contribution in [1.29, 1.82) is 0 Å². The third-order valence-corrected chi connectivity index (χ3v) is 4.34. The molecule has 1 saturated heterocycles. The van der Waals surface area contributed by atoms with Crippen molar-refractivity contribution in [3.05, 3.63) is 60.1 Å². The van der Waals surface area contributed by atoms with Crippen molar-refractivity contribution in [2.45, 2.75) is 19.3 Å². The quantitative estimate of drug-likeness (QED) is 0.768. The van der Waals surface area contributed by atoms with Crippen molar-refractivity contribution in [2.75, 3.05) is 19.6 Å². The van der Waals surface area contributed by atoms with Crippen molar-refractivity contribution in [2.24, 2.45) is 10.9 Å². The van der Waals surface area contributed by atoms with Crippen LogP contribution in [-0.4, -0.2) is 30.2 Å². The van der Waals surface area contributed by atoms with E-state index in [1.54, 1.807) is 12.1 Å². The molecule has 0 N–H and O–H groups in total. The maximum Gasteiger partial charge on any atom is 0.123 e. The van der Waals surface area contributed by atoms with Crippen LogP contribution in [0.4, 0.5) is 4.39 Å². The van der Waals surface area contributed by atoms with Gasteiger partial charge >= 0.3 is 0 Å². The molecule has 0 spiro atoms. The van der Waals surface area contributed by atoms with Gasteiger partial charge in [-0.3, -0.25) is 9.89 Å². The monoisotopic (exact) mass is 284 g/mol. The Balaban J connectivity index is 1.58. The van der Waals surface area contributed by atoms with Crippen LogP contribution in [0.3, 0.4) is 0 Å². The van der Waals surface area contributed by atoms with E-state index in [1.165, 1.54) is 25.0 Å². The number of rotatable bonds is 4. The lowest BCUT2D eigenvalue weighted by Crippen LogP contribution is -2.34. The minimum absolute atomic E-state index is 0.199. The lowest BCUT2D eigenvalue weighted by atomic mass is 9.97. The fraction of sp³-hybridized carbons (Fsp3) is 0.389. The second kappa shape index (κ2) is 6.35. The summed E-state index contributed by atoms with van der Waals surface area (Å²) in [6.07, 6.45) is 7.52. The van der Waals surface area contributed by atoms with Crippen molar-refractivity contribution in [3.8, 4) is 0 Å². The first-order valence-electron chi connectivity index (χ1n) is 7.62. The van der Waals surface area contributed by atoms with E-state index in [1.807, 2.05) is 0 Å². The summed E-state index contributed by atoms with van der Waals surface area (Å²) in [6.45, 7) is 7.05. The highest BCUT2D eigenvalue weighted by molar-refractivity contribution is 6.03. The summed E-state index contributed by atoms with van der Waals surface area (Å²) >= 11 is 0. The molecule has 2 aliphatic heterocycles. The molecule has 110 valence electrons. The minimum atomic E-state index is -0.199. The van der Waals surface area contributed by atoms with Crippen LogP contribution in [0, 0.1) is 11.7 Å². The second-order valence-corrected chi connectivity index (χ2v) is 5.81. The van der Waals surface area contributed by atoms with Crippen LogP contribution in [0.2, 0.25) is 0 Å². The highest BCUT2D eigenvalue weighted by Crippen LogP contribution is 2.22. The molecule has 1 aromatic carbocycles. The molecule has 0 radical (unpaired) electrons. The van der Waals surface area contributed by atoms with Crippen LogP contribution in [0.1, 0.15) is 24.8 Å². The van der Waals surface area contributed by atoms with Crippen molar-refractivity contribution >= 4 is 5.71 Å². The highest BCUT2D eigenvalue weighted by Gasteiger charge is 2.19. The second-order valence-electron chi connectivity index (χ2n) is 5.81. The topological polar surface area (TPSA) is 15.6 Å². The Kier molecular flexibility index (Phi) is 4.30. The SMILES string of the molecule is C=CC1CCN(CC2=CCC(c3ccc(F)cc3)=N2)CC1. The Labute approximate surface area is 125 Å². The molecule has 2 nitrogen and oxygen atoms in total. The van der Waals surface area contributed by atoms with E-state index in [-0.39, 0.29) is 5.82 Å². The van der Waals surface area contributed by atoms with Crippen LogP contribution < -0.4 is 0 Å². The average Bonchev–Trinajstić information content (AvgIpc) is 2.97. The van der Waals surface area contributed by atoms with E-state index in [0.29, 0.717) is 5.92 Å². The van der Waals surface area contributed by atoms with Crippen LogP contribution in [0.5, 0.6) is 0 Å². The van der Waals surface area contributed by atoms with Gasteiger partial charge in [0.25, 0.3) is 0 Å². The molecule has 0 saturated carbocycles. The van der Waals surface area contributed by atoms with Crippen LogP contribution in [-0.2, 0) is 0 Å². The number of benzene rings is 1. The van der Waals surface area contributed by atoms with Gasteiger partial charge in [0.2, 0.25) is 0 Å². The number of halogens is 1. The van der Waals surface area contributed by atoms with Gasteiger partial charge in [-0.1, -0.05) is 24.3 Å². The molecule has 3 rings (SSSR count). The Hall–Kier alpha value is -1.74. The summed E-state index contributed by atoms with van der Waals surface area (Å²) in [5.74, 6) is 0.479. The van der Waals surface area contributed by atoms with Gasteiger partial charge in [0.1, 0.15) is 5.82 Å². The number of hydrogen-bond donors (Lipinski definition) is 0. The maximum atomic E-state index is 13.0. The molecule has 0 unspecified atom stereocenters. The van der Waals surface area contributed by atoms with Crippen molar-refractivity contribution in [3.63, 3.8) is 0 Å². The van der Waals surface area contributed by atoms with Crippen LogP contribution in [0.15, 0.2) is 53.7 Å². The summed E-state index contributed by atoms with van der Waals surface area (Å²) in [4.78, 5) is 7.18. The fourth-order valence-electron chi connectivity index (χ4n) is 2.98. The predicted molar refractivity (Wildman–Crippen MR) is 85.0 cm³/mol. The zero-order valence-corrected chi connectivity index (χ0v) is 12.3. The standard InChI is InChI=1S/C18H21FN2/c1-2-14-9-11-21(12-10-14)13-17-7-8-18(20-17)15-3-5-16(19)6-4-15/h2-7,14H,1,8-13H2. The smallest absolute Gasteiger partial charge is 0.123 e. The molecule has 0 amide bonds. The van der Waals surface area contributed by atoms with Gasteiger partial charge in [-0.05, 0) is 49.5 Å². The molecule has 1 fully saturated rings. The summed E-state index contributed by atoms with van der Waals surface area (Å²) in [6, 6.07) is 6.60. The van der Waals surface area contributed by atoms with Gasteiger partial charge in [-0.15, -0.1) is 6.58 Å². The Morgan fingerprint density at radius 1 is 1.24 bits per heavy atom.